The Morgan fingerprint density at radius 1 is 1.13 bits per heavy atom. The third-order valence-corrected chi connectivity index (χ3v) is 4.34. The van der Waals surface area contributed by atoms with Crippen molar-refractivity contribution in [1.82, 2.24) is 9.80 Å². The number of amides is 2. The number of methoxy groups -OCH3 is 1. The Hall–Kier alpha value is -2.30. The van der Waals surface area contributed by atoms with Crippen molar-refractivity contribution in [2.24, 2.45) is 5.92 Å². The highest BCUT2D eigenvalue weighted by Gasteiger charge is 2.34. The summed E-state index contributed by atoms with van der Waals surface area (Å²) in [6.07, 6.45) is 5.45. The van der Waals surface area contributed by atoms with Gasteiger partial charge in [-0.3, -0.25) is 9.59 Å². The topological polar surface area (TPSA) is 49.9 Å². The molecule has 23 heavy (non-hydrogen) atoms. The van der Waals surface area contributed by atoms with Gasteiger partial charge in [0.1, 0.15) is 5.75 Å². The van der Waals surface area contributed by atoms with Crippen molar-refractivity contribution >= 4 is 17.9 Å². The van der Waals surface area contributed by atoms with E-state index in [-0.39, 0.29) is 17.7 Å². The Morgan fingerprint density at radius 3 is 2.48 bits per heavy atom. The molecule has 1 aromatic rings. The zero-order valence-electron chi connectivity index (χ0n) is 13.4. The van der Waals surface area contributed by atoms with E-state index in [2.05, 4.69) is 0 Å². The SMILES string of the molecule is COc1cccc(C=CC(=O)N2CCN(C(=O)C3CC3)CC2)c1. The molecule has 122 valence electrons. The molecule has 2 fully saturated rings. The van der Waals surface area contributed by atoms with Crippen LogP contribution >= 0.6 is 0 Å². The third kappa shape index (κ3) is 3.92. The molecule has 1 aliphatic heterocycles. The maximum atomic E-state index is 12.3. The van der Waals surface area contributed by atoms with Crippen molar-refractivity contribution in [2.75, 3.05) is 33.3 Å². The monoisotopic (exact) mass is 314 g/mol. The minimum absolute atomic E-state index is 0.00802. The lowest BCUT2D eigenvalue weighted by molar-refractivity contribution is -0.138. The summed E-state index contributed by atoms with van der Waals surface area (Å²) in [6.45, 7) is 2.52. The van der Waals surface area contributed by atoms with Crippen LogP contribution in [0.1, 0.15) is 18.4 Å². The average Bonchev–Trinajstić information content (AvgIpc) is 3.44. The minimum atomic E-state index is -0.00802. The van der Waals surface area contributed by atoms with E-state index in [1.165, 1.54) is 0 Å². The number of piperazine rings is 1. The molecule has 1 aromatic carbocycles. The van der Waals surface area contributed by atoms with Crippen LogP contribution in [0.5, 0.6) is 5.75 Å². The van der Waals surface area contributed by atoms with Crippen LogP contribution in [0.2, 0.25) is 0 Å². The first-order valence-electron chi connectivity index (χ1n) is 8.07. The van der Waals surface area contributed by atoms with Crippen LogP contribution in [-0.2, 0) is 9.59 Å². The standard InChI is InChI=1S/C18H22N2O3/c1-23-16-4-2-3-14(13-16)5-8-17(21)19-9-11-20(12-10-19)18(22)15-6-7-15/h2-5,8,13,15H,6-7,9-12H2,1H3. The lowest BCUT2D eigenvalue weighted by Crippen LogP contribution is -2.50. The maximum absolute atomic E-state index is 12.3. The third-order valence-electron chi connectivity index (χ3n) is 4.34. The van der Waals surface area contributed by atoms with Crippen molar-refractivity contribution in [3.63, 3.8) is 0 Å². The zero-order chi connectivity index (χ0) is 16.2. The van der Waals surface area contributed by atoms with E-state index in [1.807, 2.05) is 29.2 Å². The Labute approximate surface area is 136 Å². The molecule has 1 heterocycles. The minimum Gasteiger partial charge on any atom is -0.497 e. The first kappa shape index (κ1) is 15.6. The van der Waals surface area contributed by atoms with Gasteiger partial charge in [-0.1, -0.05) is 12.1 Å². The molecule has 1 saturated heterocycles. The summed E-state index contributed by atoms with van der Waals surface area (Å²) in [5.41, 5.74) is 0.931. The first-order valence-corrected chi connectivity index (χ1v) is 8.07. The highest BCUT2D eigenvalue weighted by molar-refractivity contribution is 5.92. The molecular formula is C18H22N2O3. The van der Waals surface area contributed by atoms with Crippen molar-refractivity contribution < 1.29 is 14.3 Å². The van der Waals surface area contributed by atoms with Crippen molar-refractivity contribution in [3.05, 3.63) is 35.9 Å². The van der Waals surface area contributed by atoms with E-state index in [0.717, 1.165) is 24.2 Å². The van der Waals surface area contributed by atoms with E-state index >= 15 is 0 Å². The number of hydrogen-bond acceptors (Lipinski definition) is 3. The highest BCUT2D eigenvalue weighted by atomic mass is 16.5. The van der Waals surface area contributed by atoms with Crippen LogP contribution in [0.25, 0.3) is 6.08 Å². The van der Waals surface area contributed by atoms with E-state index in [0.29, 0.717) is 26.2 Å². The normalized spacial score (nSPS) is 18.3. The smallest absolute Gasteiger partial charge is 0.246 e. The number of rotatable bonds is 4. The van der Waals surface area contributed by atoms with Crippen molar-refractivity contribution in [1.29, 1.82) is 0 Å². The fraction of sp³-hybridized carbons (Fsp3) is 0.444. The largest absolute Gasteiger partial charge is 0.497 e. The van der Waals surface area contributed by atoms with E-state index in [4.69, 9.17) is 4.74 Å². The van der Waals surface area contributed by atoms with Crippen LogP contribution in [0.4, 0.5) is 0 Å². The highest BCUT2D eigenvalue weighted by Crippen LogP contribution is 2.31. The molecule has 5 nitrogen and oxygen atoms in total. The first-order chi connectivity index (χ1) is 11.2. The van der Waals surface area contributed by atoms with Gasteiger partial charge in [-0.15, -0.1) is 0 Å². The van der Waals surface area contributed by atoms with Gasteiger partial charge in [0.05, 0.1) is 7.11 Å². The van der Waals surface area contributed by atoms with Crippen LogP contribution in [0, 0.1) is 5.92 Å². The molecule has 0 unspecified atom stereocenters. The predicted molar refractivity (Wildman–Crippen MR) is 87.9 cm³/mol. The summed E-state index contributed by atoms with van der Waals surface area (Å²) in [4.78, 5) is 28.0. The van der Waals surface area contributed by atoms with Gasteiger partial charge in [0.2, 0.25) is 11.8 Å². The van der Waals surface area contributed by atoms with Gasteiger partial charge in [-0.05, 0) is 36.6 Å². The summed E-state index contributed by atoms with van der Waals surface area (Å²) in [6, 6.07) is 7.58. The van der Waals surface area contributed by atoms with Gasteiger partial charge in [0.25, 0.3) is 0 Å². The maximum Gasteiger partial charge on any atom is 0.246 e. The molecule has 0 N–H and O–H groups in total. The number of carbonyl (C=O) groups excluding carboxylic acids is 2. The number of ether oxygens (including phenoxy) is 1. The predicted octanol–water partition coefficient (Wildman–Crippen LogP) is 1.79. The number of benzene rings is 1. The summed E-state index contributed by atoms with van der Waals surface area (Å²) in [5, 5.41) is 0. The van der Waals surface area contributed by atoms with E-state index in [9.17, 15) is 9.59 Å². The average molecular weight is 314 g/mol. The summed E-state index contributed by atoms with van der Waals surface area (Å²) >= 11 is 0. The zero-order valence-corrected chi connectivity index (χ0v) is 13.4. The number of hydrogen-bond donors (Lipinski definition) is 0. The molecule has 1 saturated carbocycles. The molecule has 0 radical (unpaired) electrons. The van der Waals surface area contributed by atoms with Gasteiger partial charge in [-0.2, -0.15) is 0 Å². The van der Waals surface area contributed by atoms with Gasteiger partial charge < -0.3 is 14.5 Å². The fourth-order valence-electron chi connectivity index (χ4n) is 2.75. The second kappa shape index (κ2) is 6.86. The summed E-state index contributed by atoms with van der Waals surface area (Å²) in [5.74, 6) is 1.28. The molecule has 2 amide bonds. The molecule has 0 atom stereocenters. The molecule has 0 aromatic heterocycles. The second-order valence-corrected chi connectivity index (χ2v) is 6.03. The Kier molecular flexibility index (Phi) is 4.65. The molecule has 1 aliphatic carbocycles. The molecule has 5 heteroatoms. The van der Waals surface area contributed by atoms with Crippen LogP contribution in [0.3, 0.4) is 0 Å². The van der Waals surface area contributed by atoms with E-state index in [1.54, 1.807) is 24.2 Å². The van der Waals surface area contributed by atoms with Gasteiger partial charge in [0, 0.05) is 38.2 Å². The number of carbonyl (C=O) groups is 2. The quantitative estimate of drug-likeness (QED) is 0.796. The van der Waals surface area contributed by atoms with Crippen LogP contribution in [0.15, 0.2) is 30.3 Å². The van der Waals surface area contributed by atoms with Gasteiger partial charge >= 0.3 is 0 Å². The Balaban J connectivity index is 1.52. The van der Waals surface area contributed by atoms with Gasteiger partial charge in [-0.25, -0.2) is 0 Å². The molecule has 0 spiro atoms. The number of nitrogens with zero attached hydrogens (tertiary/aromatic N) is 2. The second-order valence-electron chi connectivity index (χ2n) is 6.03. The van der Waals surface area contributed by atoms with Gasteiger partial charge in [0.15, 0.2) is 0 Å². The van der Waals surface area contributed by atoms with Crippen molar-refractivity contribution in [2.45, 2.75) is 12.8 Å². The molecule has 0 bridgehead atoms. The lowest BCUT2D eigenvalue weighted by Gasteiger charge is -2.34. The van der Waals surface area contributed by atoms with Crippen LogP contribution in [-0.4, -0.2) is 54.9 Å². The summed E-state index contributed by atoms with van der Waals surface area (Å²) in [7, 11) is 1.62. The van der Waals surface area contributed by atoms with Crippen molar-refractivity contribution in [3.8, 4) is 5.75 Å². The fourth-order valence-corrected chi connectivity index (χ4v) is 2.75. The summed E-state index contributed by atoms with van der Waals surface area (Å²) < 4.78 is 5.17. The molecule has 3 rings (SSSR count). The molecular weight excluding hydrogens is 292 g/mol. The Bertz CT molecular complexity index is 614. The van der Waals surface area contributed by atoms with Crippen LogP contribution < -0.4 is 4.74 Å². The molecule has 2 aliphatic rings. The Morgan fingerprint density at radius 2 is 1.83 bits per heavy atom. The lowest BCUT2D eigenvalue weighted by atomic mass is 10.2. The van der Waals surface area contributed by atoms with E-state index < -0.39 is 0 Å².